The van der Waals surface area contributed by atoms with Gasteiger partial charge in [-0.1, -0.05) is 144 Å². The van der Waals surface area contributed by atoms with Crippen molar-refractivity contribution in [1.82, 2.24) is 9.80 Å². The lowest BCUT2D eigenvalue weighted by Gasteiger charge is -2.31. The topological polar surface area (TPSA) is 74.8 Å². The van der Waals surface area contributed by atoms with E-state index in [2.05, 4.69) is 27.7 Å². The summed E-state index contributed by atoms with van der Waals surface area (Å²) in [6.45, 7) is 14.2. The Morgan fingerprint density at radius 2 is 0.780 bits per heavy atom. The van der Waals surface area contributed by atoms with E-state index in [1.165, 1.54) is 77.0 Å². The zero-order valence-electron chi connectivity index (χ0n) is 32.8. The molecule has 2 atom stereocenters. The van der Waals surface area contributed by atoms with Crippen molar-refractivity contribution in [3.8, 4) is 0 Å². The number of Topliss-reactive ketones (excluding diaryl/α,β-unsaturated/α-hetero) is 2. The summed E-state index contributed by atoms with van der Waals surface area (Å²) in [6, 6.07) is 0. The molecule has 50 heavy (non-hydrogen) atoms. The molecule has 0 saturated heterocycles. The number of carbonyl (C=O) groups excluding carboxylic acids is 4. The highest BCUT2D eigenvalue weighted by Crippen LogP contribution is 2.39. The molecule has 0 aromatic rings. The zero-order valence-corrected chi connectivity index (χ0v) is 34.3. The van der Waals surface area contributed by atoms with Crippen molar-refractivity contribution in [2.45, 2.75) is 183 Å². The van der Waals surface area contributed by atoms with E-state index in [-0.39, 0.29) is 23.4 Å². The normalized spacial score (nSPS) is 14.8. The van der Waals surface area contributed by atoms with Gasteiger partial charge >= 0.3 is 10.7 Å². The monoisotopic (exact) mass is 738 g/mol. The summed E-state index contributed by atoms with van der Waals surface area (Å²) < 4.78 is 0. The van der Waals surface area contributed by atoms with Gasteiger partial charge in [0.15, 0.2) is 11.6 Å². The number of carbonyl (C=O) groups is 4. The smallest absolute Gasteiger partial charge is 0.316 e. The summed E-state index contributed by atoms with van der Waals surface area (Å²) in [6.07, 6.45) is 23.0. The van der Waals surface area contributed by atoms with Gasteiger partial charge in [0.25, 0.3) is 0 Å². The molecule has 1 aliphatic carbocycles. The van der Waals surface area contributed by atoms with Gasteiger partial charge in [0, 0.05) is 48.5 Å². The lowest BCUT2D eigenvalue weighted by Crippen LogP contribution is -2.35. The molecule has 0 aromatic carbocycles. The molecule has 1 aliphatic rings. The lowest BCUT2D eigenvalue weighted by atomic mass is 9.72. The van der Waals surface area contributed by atoms with Gasteiger partial charge in [-0.05, 0) is 73.6 Å². The third-order valence-electron chi connectivity index (χ3n) is 10.4. The summed E-state index contributed by atoms with van der Waals surface area (Å²) in [4.78, 5) is 57.1. The lowest BCUT2D eigenvalue weighted by molar-refractivity contribution is -0.117. The van der Waals surface area contributed by atoms with E-state index in [1.807, 2.05) is 13.8 Å². The van der Waals surface area contributed by atoms with Crippen LogP contribution in [0, 0.1) is 11.8 Å². The number of allylic oxidation sites excluding steroid dienone is 2. The van der Waals surface area contributed by atoms with Crippen molar-refractivity contribution in [3.63, 3.8) is 0 Å². The first kappa shape index (κ1) is 46.4. The summed E-state index contributed by atoms with van der Waals surface area (Å²) in [5.74, 6) is -0.285. The second-order valence-corrected chi connectivity index (χ2v) is 15.4. The van der Waals surface area contributed by atoms with Crippen LogP contribution >= 0.6 is 23.2 Å². The Labute approximate surface area is 316 Å². The zero-order chi connectivity index (χ0) is 37.3. The molecule has 0 radical (unpaired) electrons. The van der Waals surface area contributed by atoms with Crippen LogP contribution in [0.4, 0.5) is 9.59 Å². The molecular formula is C42H72Cl2N2O4. The number of rotatable bonds is 30. The summed E-state index contributed by atoms with van der Waals surface area (Å²) in [5.41, 5.74) is 2.32. The number of halogens is 2. The Bertz CT molecular complexity index is 1000. The van der Waals surface area contributed by atoms with Crippen molar-refractivity contribution >= 4 is 45.5 Å². The Hall–Kier alpha value is -1.66. The molecule has 0 aliphatic heterocycles. The van der Waals surface area contributed by atoms with E-state index in [0.29, 0.717) is 61.3 Å². The van der Waals surface area contributed by atoms with Crippen molar-refractivity contribution in [3.05, 3.63) is 22.3 Å². The molecule has 2 unspecified atom stereocenters. The number of hydrogen-bond acceptors (Lipinski definition) is 4. The fraction of sp³-hybridized carbons (Fsp3) is 0.810. The van der Waals surface area contributed by atoms with Crippen molar-refractivity contribution in [1.29, 1.82) is 0 Å². The van der Waals surface area contributed by atoms with Gasteiger partial charge in [-0.25, -0.2) is 0 Å². The van der Waals surface area contributed by atoms with Crippen LogP contribution in [0.2, 0.25) is 0 Å². The van der Waals surface area contributed by atoms with Crippen LogP contribution in [0.1, 0.15) is 183 Å². The minimum Gasteiger partial charge on any atom is -0.329 e. The maximum absolute atomic E-state index is 14.7. The first-order chi connectivity index (χ1) is 24.0. The molecule has 288 valence electrons. The predicted octanol–water partition coefficient (Wildman–Crippen LogP) is 13.0. The van der Waals surface area contributed by atoms with Crippen LogP contribution in [0.15, 0.2) is 22.3 Å². The Morgan fingerprint density at radius 3 is 1.06 bits per heavy atom. The predicted molar refractivity (Wildman–Crippen MR) is 212 cm³/mol. The minimum atomic E-state index is -0.531. The van der Waals surface area contributed by atoms with Gasteiger partial charge in [-0.3, -0.25) is 19.2 Å². The van der Waals surface area contributed by atoms with Gasteiger partial charge in [0.1, 0.15) is 0 Å². The maximum Gasteiger partial charge on any atom is 0.316 e. The van der Waals surface area contributed by atoms with Crippen molar-refractivity contribution in [2.75, 3.05) is 26.2 Å². The van der Waals surface area contributed by atoms with Gasteiger partial charge in [-0.15, -0.1) is 0 Å². The van der Waals surface area contributed by atoms with Gasteiger partial charge in [0.05, 0.1) is 0 Å². The molecule has 6 nitrogen and oxygen atoms in total. The fourth-order valence-electron chi connectivity index (χ4n) is 7.45. The number of hydrogen-bond donors (Lipinski definition) is 0. The molecule has 2 amide bonds. The van der Waals surface area contributed by atoms with Crippen LogP contribution in [0.5, 0.6) is 0 Å². The van der Waals surface area contributed by atoms with E-state index in [9.17, 15) is 19.2 Å². The molecule has 0 heterocycles. The minimum absolute atomic E-state index is 0.0536. The Morgan fingerprint density at radius 1 is 0.480 bits per heavy atom. The molecule has 1 rings (SSSR count). The van der Waals surface area contributed by atoms with Gasteiger partial charge < -0.3 is 9.80 Å². The number of ketones is 2. The first-order valence-corrected chi connectivity index (χ1v) is 21.2. The second kappa shape index (κ2) is 27.9. The average molecular weight is 740 g/mol. The molecule has 0 bridgehead atoms. The number of unbranched alkanes of at least 4 members (excludes halogenated alkanes) is 14. The maximum atomic E-state index is 14.7. The summed E-state index contributed by atoms with van der Waals surface area (Å²) >= 11 is 11.9. The third-order valence-corrected chi connectivity index (χ3v) is 10.9. The summed E-state index contributed by atoms with van der Waals surface area (Å²) in [7, 11) is 0. The quantitative estimate of drug-likeness (QED) is 0.0318. The Balaban J connectivity index is 3.37. The number of amides is 2. The highest BCUT2D eigenvalue weighted by atomic mass is 35.5. The van der Waals surface area contributed by atoms with Gasteiger partial charge in [0.2, 0.25) is 0 Å². The van der Waals surface area contributed by atoms with Crippen LogP contribution in [-0.4, -0.2) is 58.3 Å². The average Bonchev–Trinajstić information content (AvgIpc) is 3.08. The molecule has 8 heteroatoms. The van der Waals surface area contributed by atoms with Crippen LogP contribution in [0.25, 0.3) is 0 Å². The van der Waals surface area contributed by atoms with E-state index in [1.54, 1.807) is 9.80 Å². The van der Waals surface area contributed by atoms with Crippen LogP contribution < -0.4 is 0 Å². The van der Waals surface area contributed by atoms with Crippen molar-refractivity contribution < 1.29 is 19.2 Å². The van der Waals surface area contributed by atoms with Gasteiger partial charge in [-0.2, -0.15) is 0 Å². The Kier molecular flexibility index (Phi) is 25.9. The molecule has 0 aromatic heterocycles. The van der Waals surface area contributed by atoms with Crippen LogP contribution in [-0.2, 0) is 9.59 Å². The highest BCUT2D eigenvalue weighted by Gasteiger charge is 2.38. The largest absolute Gasteiger partial charge is 0.329 e. The molecule has 0 N–H and O–H groups in total. The highest BCUT2D eigenvalue weighted by molar-refractivity contribution is 6.63. The van der Waals surface area contributed by atoms with E-state index >= 15 is 0 Å². The van der Waals surface area contributed by atoms with Crippen molar-refractivity contribution in [2.24, 2.45) is 11.8 Å². The van der Waals surface area contributed by atoms with E-state index in [4.69, 9.17) is 23.2 Å². The number of nitrogens with zero attached hydrogens (tertiary/aromatic N) is 2. The third kappa shape index (κ3) is 17.2. The second-order valence-electron chi connectivity index (χ2n) is 14.8. The molecule has 0 spiro atoms. The van der Waals surface area contributed by atoms with E-state index in [0.717, 1.165) is 51.4 Å². The van der Waals surface area contributed by atoms with E-state index < -0.39 is 10.7 Å². The SMILES string of the molecule is CCCCCCCCCCC(C)C1=C(CCN(CCC)C(=O)Cl)C(=O)C(C(C)CCCCCCCCCC)=C(CCN(CCC)C(=O)Cl)C1=O. The molecular weight excluding hydrogens is 667 g/mol. The first-order valence-electron chi connectivity index (χ1n) is 20.5. The van der Waals surface area contributed by atoms with Crippen LogP contribution in [0.3, 0.4) is 0 Å². The summed E-state index contributed by atoms with van der Waals surface area (Å²) in [5, 5.41) is -1.06. The molecule has 0 saturated carbocycles. The molecule has 0 fully saturated rings. The fourth-order valence-corrected chi connectivity index (χ4v) is 7.79. The standard InChI is InChI=1S/C42H72Cl2N2O4/c1-7-11-13-15-17-19-21-23-25-33(5)37-35(27-31-45(29-9-3)41(43)49)40(48)38(34(6)26-24-22-20-18-16-14-12-8-2)36(39(37)47)28-32-46(30-10-4)42(44)50/h33-34H,7-32H2,1-6H3.